The fourth-order valence-electron chi connectivity index (χ4n) is 2.78. The lowest BCUT2D eigenvalue weighted by molar-refractivity contribution is -0.137. The summed E-state index contributed by atoms with van der Waals surface area (Å²) in [4.78, 5) is 27.2. The van der Waals surface area contributed by atoms with Crippen LogP contribution in [0.25, 0.3) is 23.1 Å². The van der Waals surface area contributed by atoms with Crippen molar-refractivity contribution in [3.8, 4) is 0 Å². The van der Waals surface area contributed by atoms with Crippen LogP contribution in [0.5, 0.6) is 0 Å². The van der Waals surface area contributed by atoms with Crippen molar-refractivity contribution < 1.29 is 19.4 Å². The van der Waals surface area contributed by atoms with Gasteiger partial charge in [-0.2, -0.15) is 0 Å². The van der Waals surface area contributed by atoms with E-state index in [1.165, 1.54) is 30.6 Å². The van der Waals surface area contributed by atoms with E-state index in [9.17, 15) is 9.59 Å². The largest absolute Gasteiger partial charge is 0.481 e. The van der Waals surface area contributed by atoms with Gasteiger partial charge in [-0.25, -0.2) is 4.98 Å². The molecule has 0 unspecified atom stereocenters. The summed E-state index contributed by atoms with van der Waals surface area (Å²) >= 11 is 8.68. The lowest BCUT2D eigenvalue weighted by Gasteiger charge is -2.16. The fourth-order valence-corrected chi connectivity index (χ4v) is 5.12. The summed E-state index contributed by atoms with van der Waals surface area (Å²) in [7, 11) is 1.34. The van der Waals surface area contributed by atoms with E-state index in [4.69, 9.17) is 21.4 Å². The van der Waals surface area contributed by atoms with Gasteiger partial charge in [0, 0.05) is 10.4 Å². The van der Waals surface area contributed by atoms with Gasteiger partial charge in [-0.05, 0) is 41.5 Å². The second-order valence-corrected chi connectivity index (χ2v) is 9.42. The number of hydrogen-bond acceptors (Lipinski definition) is 6. The van der Waals surface area contributed by atoms with Crippen LogP contribution >= 0.6 is 35.1 Å². The van der Waals surface area contributed by atoms with Crippen molar-refractivity contribution in [3.05, 3.63) is 76.4 Å². The second-order valence-electron chi connectivity index (χ2n) is 6.50. The van der Waals surface area contributed by atoms with Gasteiger partial charge >= 0.3 is 11.9 Å². The zero-order valence-corrected chi connectivity index (χ0v) is 19.0. The molecule has 1 atom stereocenters. The molecule has 160 valence electrons. The van der Waals surface area contributed by atoms with E-state index < -0.39 is 5.97 Å². The Labute approximate surface area is 193 Å². The monoisotopic (exact) mass is 473 g/mol. The third-order valence-corrected chi connectivity index (χ3v) is 7.26. The summed E-state index contributed by atoms with van der Waals surface area (Å²) in [6.45, 7) is 0. The molecule has 0 aliphatic heterocycles. The molecular weight excluding hydrogens is 454 g/mol. The highest BCUT2D eigenvalue weighted by atomic mass is 35.5. The number of fused-ring (bicyclic) bond motifs is 1. The quantitative estimate of drug-likeness (QED) is 0.311. The number of aromatic nitrogens is 1. The number of carboxylic acids is 1. The number of esters is 1. The Balaban J connectivity index is 1.79. The van der Waals surface area contributed by atoms with Gasteiger partial charge in [0.15, 0.2) is 0 Å². The molecule has 3 rings (SSSR count). The van der Waals surface area contributed by atoms with E-state index in [0.29, 0.717) is 5.02 Å². The highest BCUT2D eigenvalue weighted by molar-refractivity contribution is 8.16. The molecule has 5 nitrogen and oxygen atoms in total. The lowest BCUT2D eigenvalue weighted by atomic mass is 10.1. The molecule has 31 heavy (non-hydrogen) atoms. The predicted octanol–water partition coefficient (Wildman–Crippen LogP) is 5.78. The number of benzene rings is 2. The first-order chi connectivity index (χ1) is 14.9. The molecular formula is C23H20ClNO4S2. The van der Waals surface area contributed by atoms with Crippen LogP contribution in [0, 0.1) is 0 Å². The average Bonchev–Trinajstić information content (AvgIpc) is 2.77. The Kier molecular flexibility index (Phi) is 8.40. The van der Waals surface area contributed by atoms with E-state index in [-0.39, 0.29) is 22.1 Å². The molecule has 2 aromatic carbocycles. The number of halogens is 1. The molecule has 0 bridgehead atoms. The van der Waals surface area contributed by atoms with Crippen LogP contribution in [0.15, 0.2) is 54.6 Å². The highest BCUT2D eigenvalue weighted by Gasteiger charge is 2.17. The van der Waals surface area contributed by atoms with Crippen LogP contribution in [0.2, 0.25) is 5.02 Å². The van der Waals surface area contributed by atoms with E-state index >= 15 is 0 Å². The minimum Gasteiger partial charge on any atom is -0.481 e. The van der Waals surface area contributed by atoms with Crippen LogP contribution in [-0.2, 0) is 14.3 Å². The summed E-state index contributed by atoms with van der Waals surface area (Å²) in [6.07, 6.45) is 3.87. The average molecular weight is 474 g/mol. The number of methoxy groups -OCH3 is 1. The zero-order chi connectivity index (χ0) is 22.2. The van der Waals surface area contributed by atoms with Crippen molar-refractivity contribution in [1.82, 2.24) is 4.98 Å². The number of thioether (sulfide) groups is 2. The molecule has 0 aliphatic rings. The molecule has 0 amide bonds. The summed E-state index contributed by atoms with van der Waals surface area (Å²) in [6, 6.07) is 17.3. The van der Waals surface area contributed by atoms with E-state index in [1.54, 1.807) is 0 Å². The summed E-state index contributed by atoms with van der Waals surface area (Å²) in [5.74, 6) is -1.14. The number of hydrogen-bond donors (Lipinski definition) is 1. The SMILES string of the molecule is COC(=O)CS[C@@H](SCC(=O)O)c1cccc(/C=C/c2ccc3ccc(Cl)cc3n2)c1. The minimum absolute atomic E-state index is 0.0531. The third kappa shape index (κ3) is 7.02. The maximum absolute atomic E-state index is 11.5. The maximum Gasteiger partial charge on any atom is 0.315 e. The molecule has 1 aromatic heterocycles. The Hall–Kier alpha value is -2.48. The molecule has 0 aliphatic carbocycles. The Morgan fingerprint density at radius 2 is 1.87 bits per heavy atom. The van der Waals surface area contributed by atoms with Crippen molar-refractivity contribution in [2.45, 2.75) is 4.58 Å². The van der Waals surface area contributed by atoms with Gasteiger partial charge in [0.2, 0.25) is 0 Å². The molecule has 8 heteroatoms. The summed E-state index contributed by atoms with van der Waals surface area (Å²) in [5.41, 5.74) is 3.51. The normalized spacial score (nSPS) is 12.2. The summed E-state index contributed by atoms with van der Waals surface area (Å²) < 4.78 is 4.50. The minimum atomic E-state index is -0.896. The first kappa shape index (κ1) is 23.2. The van der Waals surface area contributed by atoms with Gasteiger partial charge in [-0.15, -0.1) is 23.5 Å². The van der Waals surface area contributed by atoms with Gasteiger partial charge in [0.05, 0.1) is 34.4 Å². The van der Waals surface area contributed by atoms with Gasteiger partial charge < -0.3 is 9.84 Å². The highest BCUT2D eigenvalue weighted by Crippen LogP contribution is 2.39. The number of carboxylic acid groups (broad SMARTS) is 1. The third-order valence-electron chi connectivity index (χ3n) is 4.24. The first-order valence-corrected chi connectivity index (χ1v) is 11.8. The van der Waals surface area contributed by atoms with Crippen molar-refractivity contribution in [2.75, 3.05) is 18.6 Å². The van der Waals surface area contributed by atoms with Crippen molar-refractivity contribution in [1.29, 1.82) is 0 Å². The van der Waals surface area contributed by atoms with E-state index in [1.807, 2.05) is 66.7 Å². The fraction of sp³-hybridized carbons (Fsp3) is 0.174. The summed E-state index contributed by atoms with van der Waals surface area (Å²) in [5, 5.41) is 10.7. The predicted molar refractivity (Wildman–Crippen MR) is 129 cm³/mol. The Morgan fingerprint density at radius 3 is 2.65 bits per heavy atom. The number of carbonyl (C=O) groups excluding carboxylic acids is 1. The molecule has 0 spiro atoms. The number of carbonyl (C=O) groups is 2. The lowest BCUT2D eigenvalue weighted by Crippen LogP contribution is -2.06. The Bertz CT molecular complexity index is 1120. The van der Waals surface area contributed by atoms with Crippen LogP contribution in [0.4, 0.5) is 0 Å². The first-order valence-electron chi connectivity index (χ1n) is 9.31. The van der Waals surface area contributed by atoms with Crippen molar-refractivity contribution in [2.24, 2.45) is 0 Å². The van der Waals surface area contributed by atoms with Gasteiger partial charge in [-0.1, -0.05) is 48.0 Å². The molecule has 0 saturated carbocycles. The van der Waals surface area contributed by atoms with Crippen LogP contribution in [-0.4, -0.2) is 40.6 Å². The number of rotatable bonds is 9. The standard InChI is InChI=1S/C23H20ClNO4S2/c1-29-22(28)14-31-23(30-13-21(26)27)17-4-2-3-15(11-17)5-9-19-10-7-16-6-8-18(24)12-20(16)25-19/h2-12,23H,13-14H2,1H3,(H,26,27)/b9-5+/t23-/m1/s1. The Morgan fingerprint density at radius 1 is 1.10 bits per heavy atom. The van der Waals surface area contributed by atoms with Crippen LogP contribution < -0.4 is 0 Å². The van der Waals surface area contributed by atoms with Gasteiger partial charge in [0.1, 0.15) is 0 Å². The van der Waals surface area contributed by atoms with Gasteiger partial charge in [0.25, 0.3) is 0 Å². The van der Waals surface area contributed by atoms with Gasteiger partial charge in [-0.3, -0.25) is 9.59 Å². The topological polar surface area (TPSA) is 76.5 Å². The van der Waals surface area contributed by atoms with Crippen LogP contribution in [0.1, 0.15) is 21.4 Å². The maximum atomic E-state index is 11.5. The van der Waals surface area contributed by atoms with Crippen molar-refractivity contribution in [3.63, 3.8) is 0 Å². The van der Waals surface area contributed by atoms with E-state index in [2.05, 4.69) is 4.98 Å². The van der Waals surface area contributed by atoms with E-state index in [0.717, 1.165) is 27.7 Å². The smallest absolute Gasteiger partial charge is 0.315 e. The van der Waals surface area contributed by atoms with Crippen molar-refractivity contribution >= 4 is 70.1 Å². The number of aliphatic carboxylic acids is 1. The molecule has 0 saturated heterocycles. The second kappa shape index (κ2) is 11.2. The molecule has 3 aromatic rings. The number of ether oxygens (including phenoxy) is 1. The zero-order valence-electron chi connectivity index (χ0n) is 16.7. The number of nitrogens with zero attached hydrogens (tertiary/aromatic N) is 1. The van der Waals surface area contributed by atoms with Crippen LogP contribution in [0.3, 0.4) is 0 Å². The molecule has 0 fully saturated rings. The molecule has 0 radical (unpaired) electrons. The molecule has 1 heterocycles. The number of pyridine rings is 1. The molecule has 1 N–H and O–H groups in total.